The van der Waals surface area contributed by atoms with E-state index in [0.717, 1.165) is 139 Å². The molecule has 3 aromatic heterocycles. The van der Waals surface area contributed by atoms with Crippen LogP contribution in [0.15, 0.2) is 0 Å². The molecular formula is C86H173N19. The van der Waals surface area contributed by atoms with E-state index in [-0.39, 0.29) is 14.9 Å². The summed E-state index contributed by atoms with van der Waals surface area (Å²) in [5.74, 6) is 6.69. The van der Waals surface area contributed by atoms with Crippen molar-refractivity contribution in [1.29, 1.82) is 0 Å². The SMILES string of the molecule is C.C.CCCCCCCCN(CCCCCCCC)c1nc(N(C)CCN(C)c2nc(N(C)CCN(C)c3nc(N(CCCCCCCC)CCCCCCCC)nc(N(CCCCCCCC)CCCCCCCC)n3)nc(N(C)CNC)n2)nc(N(CCCCCCCC)CCCCCCCC)n1. The first-order valence-corrected chi connectivity index (χ1v) is 43.9. The molecule has 1 N–H and O–H groups in total. The Balaban J connectivity index is 0.0000276. The fourth-order valence-corrected chi connectivity index (χ4v) is 13.7. The molecular weight excluding hydrogens is 1300 g/mol. The van der Waals surface area contributed by atoms with Crippen LogP contribution in [0.4, 0.5) is 53.5 Å². The molecule has 0 fully saturated rings. The second-order valence-electron chi connectivity index (χ2n) is 30.7. The first kappa shape index (κ1) is 98.2. The number of aromatic nitrogens is 9. The van der Waals surface area contributed by atoms with Gasteiger partial charge in [-0.1, -0.05) is 327 Å². The van der Waals surface area contributed by atoms with Crippen molar-refractivity contribution < 1.29 is 0 Å². The van der Waals surface area contributed by atoms with Crippen LogP contribution in [-0.2, 0) is 0 Å². The predicted molar refractivity (Wildman–Crippen MR) is 464 cm³/mol. The molecule has 0 aliphatic heterocycles. The standard InChI is InChI=1S/C84H165N19.2CH4/c1-15-23-31-39-47-55-63-100(64-56-48-40-32-24-16-2)81-89-78(90-82(93-81)101(65-57-49-41-33-25-17-3)66-58-50-42-34-26-18-4)97(12)73-71-95(10)76-86-77(88-80(87-76)99(14)75-85-9)96(11)72-74-98(13)79-91-83(102(67-59-51-43-35-27-19-5)68-60-52-44-36-28-20-6)94-84(92-79)103(69-61-53-45-37-29-21-7)70-62-54-46-38-30-22-8;;/h85H,15-75H2,1-14H3;2*1H4. The van der Waals surface area contributed by atoms with Crippen molar-refractivity contribution in [3.63, 3.8) is 0 Å². The Morgan fingerprint density at radius 2 is 0.314 bits per heavy atom. The zero-order valence-electron chi connectivity index (χ0n) is 70.2. The highest BCUT2D eigenvalue weighted by molar-refractivity contribution is 5.50. The fraction of sp³-hybridized carbons (Fsp3) is 0.895. The van der Waals surface area contributed by atoms with E-state index in [2.05, 4.69) is 133 Å². The molecule has 0 unspecified atom stereocenters. The third kappa shape index (κ3) is 45.1. The third-order valence-electron chi connectivity index (χ3n) is 20.8. The molecule has 19 heteroatoms. The maximum Gasteiger partial charge on any atom is 0.232 e. The van der Waals surface area contributed by atoms with E-state index in [1.54, 1.807) is 0 Å². The quantitative estimate of drug-likeness (QED) is 0.0420. The van der Waals surface area contributed by atoms with Crippen LogP contribution in [0.25, 0.3) is 0 Å². The molecule has 3 aromatic rings. The monoisotopic (exact) mass is 1470 g/mol. The van der Waals surface area contributed by atoms with Crippen LogP contribution in [-0.4, -0.2) is 172 Å². The van der Waals surface area contributed by atoms with Crippen LogP contribution in [0.5, 0.6) is 0 Å². The maximum atomic E-state index is 5.52. The van der Waals surface area contributed by atoms with Crippen molar-refractivity contribution in [2.24, 2.45) is 0 Å². The van der Waals surface area contributed by atoms with Crippen LogP contribution in [0.2, 0.25) is 0 Å². The van der Waals surface area contributed by atoms with Gasteiger partial charge in [0.05, 0.1) is 6.67 Å². The minimum atomic E-state index is 0. The van der Waals surface area contributed by atoms with Crippen LogP contribution in [0, 0.1) is 0 Å². The average molecular weight is 1470 g/mol. The predicted octanol–water partition coefficient (Wildman–Crippen LogP) is 22.4. The maximum absolute atomic E-state index is 5.52. The molecule has 105 heavy (non-hydrogen) atoms. The normalized spacial score (nSPS) is 11.3. The van der Waals surface area contributed by atoms with E-state index in [1.165, 1.54) is 257 Å². The van der Waals surface area contributed by atoms with E-state index < -0.39 is 0 Å². The number of anilines is 9. The summed E-state index contributed by atoms with van der Waals surface area (Å²) in [6, 6.07) is 0. The molecule has 0 aromatic carbocycles. The molecule has 0 atom stereocenters. The van der Waals surface area contributed by atoms with E-state index in [0.29, 0.717) is 50.7 Å². The smallest absolute Gasteiger partial charge is 0.232 e. The molecule has 0 saturated carbocycles. The topological polar surface area (TPSA) is 157 Å². The lowest BCUT2D eigenvalue weighted by Crippen LogP contribution is -2.37. The summed E-state index contributed by atoms with van der Waals surface area (Å²) in [5, 5.41) is 3.33. The fourth-order valence-electron chi connectivity index (χ4n) is 13.7. The Bertz CT molecular complexity index is 2090. The van der Waals surface area contributed by atoms with Gasteiger partial charge in [0, 0.05) is 114 Å². The van der Waals surface area contributed by atoms with Gasteiger partial charge in [0.1, 0.15) is 0 Å². The number of rotatable bonds is 73. The molecule has 3 heterocycles. The van der Waals surface area contributed by atoms with E-state index in [1.807, 2.05) is 14.1 Å². The molecule has 0 saturated heterocycles. The summed E-state index contributed by atoms with van der Waals surface area (Å²) < 4.78 is 0. The lowest BCUT2D eigenvalue weighted by atomic mass is 10.1. The Hall–Kier alpha value is -4.81. The lowest BCUT2D eigenvalue weighted by Gasteiger charge is -2.29. The van der Waals surface area contributed by atoms with Crippen molar-refractivity contribution in [2.45, 2.75) is 378 Å². The summed E-state index contributed by atoms with van der Waals surface area (Å²) in [4.78, 5) is 69.5. The summed E-state index contributed by atoms with van der Waals surface area (Å²) >= 11 is 0. The van der Waals surface area contributed by atoms with Gasteiger partial charge >= 0.3 is 0 Å². The van der Waals surface area contributed by atoms with E-state index in [9.17, 15) is 0 Å². The Morgan fingerprint density at radius 3 is 0.476 bits per heavy atom. The highest BCUT2D eigenvalue weighted by Gasteiger charge is 2.24. The summed E-state index contributed by atoms with van der Waals surface area (Å²) in [5.41, 5.74) is 0. The Kier molecular flexibility index (Phi) is 61.9. The second kappa shape index (κ2) is 66.2. The molecule has 0 bridgehead atoms. The van der Waals surface area contributed by atoms with Gasteiger partial charge in [0.2, 0.25) is 53.5 Å². The Labute approximate surface area is 650 Å². The van der Waals surface area contributed by atoms with Crippen molar-refractivity contribution in [1.82, 2.24) is 50.2 Å². The van der Waals surface area contributed by atoms with Crippen LogP contribution in [0.3, 0.4) is 0 Å². The number of likely N-dealkylation sites (N-methyl/N-ethyl adjacent to an activating group) is 4. The zero-order chi connectivity index (χ0) is 74.6. The molecule has 3 rings (SSSR count). The molecule has 0 aliphatic carbocycles. The van der Waals surface area contributed by atoms with Crippen molar-refractivity contribution >= 4 is 53.5 Å². The second-order valence-corrected chi connectivity index (χ2v) is 30.7. The van der Waals surface area contributed by atoms with Gasteiger partial charge in [-0.3, -0.25) is 0 Å². The minimum absolute atomic E-state index is 0. The number of unbranched alkanes of at least 4 members (excludes halogenated alkanes) is 40. The van der Waals surface area contributed by atoms with Gasteiger partial charge in [0.15, 0.2) is 0 Å². The van der Waals surface area contributed by atoms with Gasteiger partial charge in [-0.2, -0.15) is 44.9 Å². The van der Waals surface area contributed by atoms with Gasteiger partial charge in [-0.15, -0.1) is 0 Å². The molecule has 0 amide bonds. The highest BCUT2D eigenvalue weighted by Crippen LogP contribution is 2.27. The van der Waals surface area contributed by atoms with E-state index >= 15 is 0 Å². The van der Waals surface area contributed by atoms with Crippen molar-refractivity contribution in [2.75, 3.05) is 172 Å². The first-order valence-electron chi connectivity index (χ1n) is 43.9. The number of nitrogens with zero attached hydrogens (tertiary/aromatic N) is 18. The van der Waals surface area contributed by atoms with Crippen molar-refractivity contribution in [3.05, 3.63) is 0 Å². The molecule has 0 spiro atoms. The van der Waals surface area contributed by atoms with Gasteiger partial charge in [-0.05, 0) is 58.4 Å². The Morgan fingerprint density at radius 1 is 0.181 bits per heavy atom. The average Bonchev–Trinajstić information content (AvgIpc) is 0.829. The lowest BCUT2D eigenvalue weighted by molar-refractivity contribution is 0.563. The van der Waals surface area contributed by atoms with E-state index in [4.69, 9.17) is 44.9 Å². The largest absolute Gasteiger partial charge is 0.342 e. The summed E-state index contributed by atoms with van der Waals surface area (Å²) in [6.45, 7) is 29.4. The van der Waals surface area contributed by atoms with Gasteiger partial charge < -0.3 is 49.4 Å². The number of nitrogens with one attached hydrogen (secondary N) is 1. The summed E-state index contributed by atoms with van der Waals surface area (Å²) in [7, 11) is 12.6. The van der Waals surface area contributed by atoms with Crippen molar-refractivity contribution in [3.8, 4) is 0 Å². The van der Waals surface area contributed by atoms with Crippen LogP contribution < -0.4 is 49.4 Å². The number of hydrogen-bond acceptors (Lipinski definition) is 19. The first-order chi connectivity index (χ1) is 50.4. The molecule has 612 valence electrons. The third-order valence-corrected chi connectivity index (χ3v) is 20.8. The molecule has 19 nitrogen and oxygen atoms in total. The van der Waals surface area contributed by atoms with Crippen LogP contribution in [0.1, 0.15) is 378 Å². The zero-order valence-corrected chi connectivity index (χ0v) is 70.2. The minimum Gasteiger partial charge on any atom is -0.342 e. The molecule has 0 radical (unpaired) electrons. The van der Waals surface area contributed by atoms with Gasteiger partial charge in [-0.25, -0.2) is 0 Å². The van der Waals surface area contributed by atoms with Crippen LogP contribution >= 0.6 is 0 Å². The highest BCUT2D eigenvalue weighted by atomic mass is 15.4. The summed E-state index contributed by atoms with van der Waals surface area (Å²) in [6.07, 6.45) is 60.6. The van der Waals surface area contributed by atoms with Gasteiger partial charge in [0.25, 0.3) is 0 Å². The number of hydrogen-bond donors (Lipinski definition) is 1. The molecule has 0 aliphatic rings.